The number of benzene rings is 2. The van der Waals surface area contributed by atoms with Crippen LogP contribution in [0.15, 0.2) is 54.6 Å². The first-order valence-corrected chi connectivity index (χ1v) is 7.62. The third-order valence-electron chi connectivity index (χ3n) is 3.57. The summed E-state index contributed by atoms with van der Waals surface area (Å²) in [6.07, 6.45) is 0. The molecular weight excluding hydrogens is 310 g/mol. The third-order valence-corrected chi connectivity index (χ3v) is 3.80. The molecular formula is C18H16ClN3O. The second-order valence-corrected chi connectivity index (χ2v) is 5.77. The van der Waals surface area contributed by atoms with E-state index in [0.717, 1.165) is 16.9 Å². The number of hydrogen-bond acceptors (Lipinski definition) is 2. The lowest BCUT2D eigenvalue weighted by Crippen LogP contribution is -2.14. The van der Waals surface area contributed by atoms with E-state index in [1.54, 1.807) is 22.9 Å². The zero-order valence-electron chi connectivity index (χ0n) is 12.9. The second kappa shape index (κ2) is 6.26. The van der Waals surface area contributed by atoms with Crippen molar-refractivity contribution in [3.8, 4) is 5.69 Å². The number of anilines is 1. The maximum atomic E-state index is 12.4. The van der Waals surface area contributed by atoms with Crippen LogP contribution < -0.4 is 5.32 Å². The molecule has 0 saturated carbocycles. The molecule has 2 aromatic carbocycles. The molecule has 116 valence electrons. The number of rotatable bonds is 3. The van der Waals surface area contributed by atoms with Crippen LogP contribution in [-0.2, 0) is 0 Å². The molecule has 0 bridgehead atoms. The monoisotopic (exact) mass is 325 g/mol. The van der Waals surface area contributed by atoms with Gasteiger partial charge in [-0.15, -0.1) is 0 Å². The Morgan fingerprint density at radius 3 is 2.57 bits per heavy atom. The molecule has 23 heavy (non-hydrogen) atoms. The van der Waals surface area contributed by atoms with Gasteiger partial charge in [0.1, 0.15) is 0 Å². The van der Waals surface area contributed by atoms with Crippen molar-refractivity contribution in [1.29, 1.82) is 0 Å². The summed E-state index contributed by atoms with van der Waals surface area (Å²) in [5.41, 5.74) is 3.81. The summed E-state index contributed by atoms with van der Waals surface area (Å²) in [6, 6.07) is 16.9. The number of aromatic nitrogens is 2. The lowest BCUT2D eigenvalue weighted by molar-refractivity contribution is 0.102. The van der Waals surface area contributed by atoms with Crippen LogP contribution in [0, 0.1) is 13.8 Å². The first-order valence-electron chi connectivity index (χ1n) is 7.24. The van der Waals surface area contributed by atoms with Gasteiger partial charge in [0.05, 0.1) is 5.69 Å². The van der Waals surface area contributed by atoms with Crippen LogP contribution in [0.25, 0.3) is 5.69 Å². The molecule has 5 heteroatoms. The molecule has 0 atom stereocenters. The summed E-state index contributed by atoms with van der Waals surface area (Å²) in [4.78, 5) is 12.4. The minimum atomic E-state index is -0.256. The largest absolute Gasteiger partial charge is 0.320 e. The Morgan fingerprint density at radius 1 is 1.09 bits per heavy atom. The highest BCUT2D eigenvalue weighted by Crippen LogP contribution is 2.21. The Morgan fingerprint density at radius 2 is 1.83 bits per heavy atom. The summed E-state index contributed by atoms with van der Waals surface area (Å²) in [7, 11) is 0. The SMILES string of the molecule is Cc1ccc(Cl)cc1NC(=O)c1cc(C)n(-c2ccccc2)n1. The normalized spacial score (nSPS) is 10.6. The standard InChI is InChI=1S/C18H16ClN3O/c1-12-8-9-14(19)11-16(12)20-18(23)17-10-13(2)22(21-17)15-6-4-3-5-7-15/h3-11H,1-2H3,(H,20,23). The number of carbonyl (C=O) groups excluding carboxylic acids is 1. The van der Waals surface area contributed by atoms with E-state index in [1.165, 1.54) is 0 Å². The van der Waals surface area contributed by atoms with E-state index >= 15 is 0 Å². The minimum absolute atomic E-state index is 0.256. The topological polar surface area (TPSA) is 46.9 Å². The first kappa shape index (κ1) is 15.3. The summed E-state index contributed by atoms with van der Waals surface area (Å²) in [6.45, 7) is 3.83. The van der Waals surface area contributed by atoms with Crippen LogP contribution in [0.4, 0.5) is 5.69 Å². The predicted molar refractivity (Wildman–Crippen MR) is 92.4 cm³/mol. The average molecular weight is 326 g/mol. The first-order chi connectivity index (χ1) is 11.0. The lowest BCUT2D eigenvalue weighted by atomic mass is 10.2. The maximum absolute atomic E-state index is 12.4. The van der Waals surface area contributed by atoms with E-state index in [1.807, 2.05) is 50.2 Å². The quantitative estimate of drug-likeness (QED) is 0.776. The van der Waals surface area contributed by atoms with E-state index < -0.39 is 0 Å². The van der Waals surface area contributed by atoms with Gasteiger partial charge in [0.15, 0.2) is 5.69 Å². The molecule has 0 aliphatic rings. The number of carbonyl (C=O) groups is 1. The van der Waals surface area contributed by atoms with Gasteiger partial charge in [-0.2, -0.15) is 5.10 Å². The molecule has 1 heterocycles. The highest BCUT2D eigenvalue weighted by Gasteiger charge is 2.14. The molecule has 4 nitrogen and oxygen atoms in total. The molecule has 0 aliphatic carbocycles. The number of nitrogens with zero attached hydrogens (tertiary/aromatic N) is 2. The fourth-order valence-electron chi connectivity index (χ4n) is 2.33. The predicted octanol–water partition coefficient (Wildman–Crippen LogP) is 4.39. The van der Waals surface area contributed by atoms with Crippen LogP contribution in [-0.4, -0.2) is 15.7 Å². The van der Waals surface area contributed by atoms with Crippen molar-refractivity contribution in [2.24, 2.45) is 0 Å². The molecule has 1 aromatic heterocycles. The van der Waals surface area contributed by atoms with Crippen molar-refractivity contribution in [3.05, 3.63) is 76.6 Å². The highest BCUT2D eigenvalue weighted by molar-refractivity contribution is 6.31. The molecule has 0 fully saturated rings. The number of hydrogen-bond donors (Lipinski definition) is 1. The van der Waals surface area contributed by atoms with E-state index in [9.17, 15) is 4.79 Å². The Balaban J connectivity index is 1.88. The fraction of sp³-hybridized carbons (Fsp3) is 0.111. The van der Waals surface area contributed by atoms with Crippen molar-refractivity contribution in [2.45, 2.75) is 13.8 Å². The van der Waals surface area contributed by atoms with Crippen molar-refractivity contribution in [1.82, 2.24) is 9.78 Å². The zero-order valence-corrected chi connectivity index (χ0v) is 13.6. The number of amides is 1. The molecule has 3 aromatic rings. The van der Waals surface area contributed by atoms with Gasteiger partial charge in [0.25, 0.3) is 5.91 Å². The van der Waals surface area contributed by atoms with Gasteiger partial charge in [-0.1, -0.05) is 35.9 Å². The second-order valence-electron chi connectivity index (χ2n) is 5.33. The van der Waals surface area contributed by atoms with E-state index in [-0.39, 0.29) is 5.91 Å². The summed E-state index contributed by atoms with van der Waals surface area (Å²) in [5.74, 6) is -0.256. The van der Waals surface area contributed by atoms with Crippen LogP contribution in [0.1, 0.15) is 21.7 Å². The molecule has 0 radical (unpaired) electrons. The summed E-state index contributed by atoms with van der Waals surface area (Å²) >= 11 is 5.98. The lowest BCUT2D eigenvalue weighted by Gasteiger charge is -2.07. The fourth-order valence-corrected chi connectivity index (χ4v) is 2.50. The average Bonchev–Trinajstić information content (AvgIpc) is 2.94. The Kier molecular flexibility index (Phi) is 4.17. The van der Waals surface area contributed by atoms with Gasteiger partial charge in [-0.3, -0.25) is 4.79 Å². The number of aryl methyl sites for hydroxylation is 2. The van der Waals surface area contributed by atoms with Crippen molar-refractivity contribution >= 4 is 23.2 Å². The van der Waals surface area contributed by atoms with Crippen LogP contribution in [0.3, 0.4) is 0 Å². The van der Waals surface area contributed by atoms with Crippen LogP contribution in [0.2, 0.25) is 5.02 Å². The van der Waals surface area contributed by atoms with Crippen molar-refractivity contribution < 1.29 is 4.79 Å². The zero-order chi connectivity index (χ0) is 16.4. The van der Waals surface area contributed by atoms with Crippen LogP contribution >= 0.6 is 11.6 Å². The van der Waals surface area contributed by atoms with Crippen LogP contribution in [0.5, 0.6) is 0 Å². The molecule has 3 rings (SSSR count). The Hall–Kier alpha value is -2.59. The van der Waals surface area contributed by atoms with Crippen molar-refractivity contribution in [3.63, 3.8) is 0 Å². The van der Waals surface area contributed by atoms with Gasteiger partial charge in [0.2, 0.25) is 0 Å². The van der Waals surface area contributed by atoms with E-state index in [4.69, 9.17) is 11.6 Å². The highest BCUT2D eigenvalue weighted by atomic mass is 35.5. The van der Waals surface area contributed by atoms with E-state index in [0.29, 0.717) is 16.4 Å². The maximum Gasteiger partial charge on any atom is 0.276 e. The number of para-hydroxylation sites is 1. The molecule has 0 aliphatic heterocycles. The summed E-state index contributed by atoms with van der Waals surface area (Å²) in [5, 5.41) is 7.84. The van der Waals surface area contributed by atoms with E-state index in [2.05, 4.69) is 10.4 Å². The molecule has 0 saturated heterocycles. The smallest absolute Gasteiger partial charge is 0.276 e. The number of nitrogens with one attached hydrogen (secondary N) is 1. The molecule has 1 N–H and O–H groups in total. The minimum Gasteiger partial charge on any atom is -0.320 e. The molecule has 0 unspecified atom stereocenters. The van der Waals surface area contributed by atoms with Gasteiger partial charge in [-0.25, -0.2) is 4.68 Å². The Labute approximate surface area is 139 Å². The van der Waals surface area contributed by atoms with Gasteiger partial charge < -0.3 is 5.32 Å². The number of halogens is 1. The van der Waals surface area contributed by atoms with Gasteiger partial charge in [0, 0.05) is 16.4 Å². The van der Waals surface area contributed by atoms with Gasteiger partial charge in [-0.05, 0) is 49.7 Å². The Bertz CT molecular complexity index is 856. The van der Waals surface area contributed by atoms with Gasteiger partial charge >= 0.3 is 0 Å². The summed E-state index contributed by atoms with van der Waals surface area (Å²) < 4.78 is 1.75. The third kappa shape index (κ3) is 3.27. The molecule has 0 spiro atoms. The van der Waals surface area contributed by atoms with Crippen molar-refractivity contribution in [2.75, 3.05) is 5.32 Å². The molecule has 1 amide bonds.